The van der Waals surface area contributed by atoms with Gasteiger partial charge in [0.25, 0.3) is 0 Å². The zero-order valence-electron chi connectivity index (χ0n) is 11.1. The molecule has 0 fully saturated rings. The fourth-order valence-corrected chi connectivity index (χ4v) is 1.07. The predicted molar refractivity (Wildman–Crippen MR) is 63.6 cm³/mol. The van der Waals surface area contributed by atoms with Crippen LogP contribution in [-0.2, 0) is 19.1 Å². The molecule has 0 rings (SSSR count). The van der Waals surface area contributed by atoms with E-state index in [1.165, 1.54) is 9.80 Å². The molecule has 0 heterocycles. The minimum Gasteiger partial charge on any atom is -0.382 e. The Bertz CT molecular complexity index is 244. The van der Waals surface area contributed by atoms with Crippen LogP contribution in [0.15, 0.2) is 0 Å². The average molecular weight is 246 g/mol. The van der Waals surface area contributed by atoms with E-state index in [2.05, 4.69) is 0 Å². The Morgan fingerprint density at radius 3 is 2.24 bits per heavy atom. The number of rotatable bonds is 8. The highest BCUT2D eigenvalue weighted by atomic mass is 16.5. The first-order chi connectivity index (χ1) is 8.02. The maximum atomic E-state index is 11.7. The summed E-state index contributed by atoms with van der Waals surface area (Å²) < 4.78 is 9.92. The smallest absolute Gasteiger partial charge is 0.249 e. The number of likely N-dealkylation sites (N-methyl/N-ethyl adjacent to an activating group) is 2. The van der Waals surface area contributed by atoms with Crippen molar-refractivity contribution in [3.05, 3.63) is 0 Å². The van der Waals surface area contributed by atoms with Crippen LogP contribution in [0.4, 0.5) is 0 Å². The first kappa shape index (κ1) is 15.9. The molecule has 2 amide bonds. The molecule has 0 aliphatic carbocycles. The minimum atomic E-state index is -0.182. The zero-order valence-corrected chi connectivity index (χ0v) is 11.1. The Kier molecular flexibility index (Phi) is 8.35. The molecule has 0 unspecified atom stereocenters. The highest BCUT2D eigenvalue weighted by Gasteiger charge is 2.16. The molecule has 0 saturated carbocycles. The van der Waals surface area contributed by atoms with Crippen LogP contribution in [0, 0.1) is 0 Å². The third-order valence-corrected chi connectivity index (χ3v) is 2.22. The third kappa shape index (κ3) is 6.91. The minimum absolute atomic E-state index is 0.0160. The molecule has 0 aromatic carbocycles. The lowest BCUT2D eigenvalue weighted by Crippen LogP contribution is -2.41. The maximum absolute atomic E-state index is 11.7. The Balaban J connectivity index is 3.99. The third-order valence-electron chi connectivity index (χ3n) is 2.22. The maximum Gasteiger partial charge on any atom is 0.249 e. The van der Waals surface area contributed by atoms with E-state index in [0.29, 0.717) is 19.8 Å². The number of hydrogen-bond acceptors (Lipinski definition) is 4. The van der Waals surface area contributed by atoms with E-state index in [1.54, 1.807) is 21.2 Å². The molecule has 0 bridgehead atoms. The summed E-state index contributed by atoms with van der Waals surface area (Å²) in [4.78, 5) is 26.1. The number of carbonyl (C=O) groups excluding carboxylic acids is 2. The summed E-state index contributed by atoms with van der Waals surface area (Å²) >= 11 is 0. The number of carbonyl (C=O) groups is 2. The van der Waals surface area contributed by atoms with Crippen LogP contribution in [-0.4, -0.2) is 75.7 Å². The Labute approximate surface area is 102 Å². The molecule has 0 N–H and O–H groups in total. The monoisotopic (exact) mass is 246 g/mol. The van der Waals surface area contributed by atoms with E-state index in [1.807, 2.05) is 6.92 Å². The van der Waals surface area contributed by atoms with Crippen molar-refractivity contribution in [2.24, 2.45) is 0 Å². The second-order valence-electron chi connectivity index (χ2n) is 3.74. The summed E-state index contributed by atoms with van der Waals surface area (Å²) in [5.74, 6) is -0.282. The fourth-order valence-electron chi connectivity index (χ4n) is 1.07. The number of hydrogen-bond donors (Lipinski definition) is 0. The molecular weight excluding hydrogens is 224 g/mol. The van der Waals surface area contributed by atoms with E-state index in [0.717, 1.165) is 0 Å². The van der Waals surface area contributed by atoms with Crippen LogP contribution in [0.5, 0.6) is 0 Å². The molecule has 0 aliphatic rings. The van der Waals surface area contributed by atoms with E-state index in [4.69, 9.17) is 9.47 Å². The summed E-state index contributed by atoms with van der Waals surface area (Å²) in [6, 6.07) is 0. The topological polar surface area (TPSA) is 59.1 Å². The Morgan fingerprint density at radius 2 is 1.76 bits per heavy atom. The van der Waals surface area contributed by atoms with Crippen LogP contribution in [0.2, 0.25) is 0 Å². The van der Waals surface area contributed by atoms with Crippen LogP contribution >= 0.6 is 0 Å². The van der Waals surface area contributed by atoms with Crippen molar-refractivity contribution in [1.82, 2.24) is 9.80 Å². The molecule has 0 aliphatic heterocycles. The molecular formula is C11H22N2O4. The predicted octanol–water partition coefficient (Wildman–Crippen LogP) is -0.414. The summed E-state index contributed by atoms with van der Waals surface area (Å²) in [7, 11) is 4.89. The molecule has 6 heteroatoms. The van der Waals surface area contributed by atoms with E-state index in [9.17, 15) is 9.59 Å². The van der Waals surface area contributed by atoms with Gasteiger partial charge >= 0.3 is 0 Å². The largest absolute Gasteiger partial charge is 0.382 e. The van der Waals surface area contributed by atoms with Crippen molar-refractivity contribution in [1.29, 1.82) is 0 Å². The van der Waals surface area contributed by atoms with Crippen LogP contribution in [0.1, 0.15) is 6.92 Å². The molecule has 0 saturated heterocycles. The van der Waals surface area contributed by atoms with Gasteiger partial charge in [-0.1, -0.05) is 0 Å². The van der Waals surface area contributed by atoms with Gasteiger partial charge in [0.2, 0.25) is 11.8 Å². The van der Waals surface area contributed by atoms with Gasteiger partial charge in [0.15, 0.2) is 0 Å². The van der Waals surface area contributed by atoms with Crippen molar-refractivity contribution >= 4 is 11.8 Å². The quantitative estimate of drug-likeness (QED) is 0.546. The Morgan fingerprint density at radius 1 is 1.12 bits per heavy atom. The molecule has 0 atom stereocenters. The van der Waals surface area contributed by atoms with E-state index < -0.39 is 0 Å². The molecule has 100 valence electrons. The first-order valence-corrected chi connectivity index (χ1v) is 5.57. The number of nitrogens with zero attached hydrogens (tertiary/aromatic N) is 2. The van der Waals surface area contributed by atoms with Gasteiger partial charge in [0, 0.05) is 27.7 Å². The molecule has 6 nitrogen and oxygen atoms in total. The summed E-state index contributed by atoms with van der Waals surface area (Å²) in [5.41, 5.74) is 0. The molecule has 0 aromatic heterocycles. The van der Waals surface area contributed by atoms with Gasteiger partial charge in [-0.3, -0.25) is 9.59 Å². The molecule has 17 heavy (non-hydrogen) atoms. The molecule has 0 aromatic rings. The number of methoxy groups -OCH3 is 1. The fraction of sp³-hybridized carbons (Fsp3) is 0.818. The first-order valence-electron chi connectivity index (χ1n) is 5.57. The second kappa shape index (κ2) is 8.95. The van der Waals surface area contributed by atoms with Crippen LogP contribution in [0.3, 0.4) is 0 Å². The van der Waals surface area contributed by atoms with E-state index in [-0.39, 0.29) is 25.0 Å². The van der Waals surface area contributed by atoms with Gasteiger partial charge in [0.05, 0.1) is 19.8 Å². The van der Waals surface area contributed by atoms with Gasteiger partial charge in [0.1, 0.15) is 6.61 Å². The van der Waals surface area contributed by atoms with Crippen molar-refractivity contribution < 1.29 is 19.1 Å². The second-order valence-corrected chi connectivity index (χ2v) is 3.74. The summed E-state index contributed by atoms with van der Waals surface area (Å²) in [6.07, 6.45) is 0. The highest BCUT2D eigenvalue weighted by molar-refractivity contribution is 5.85. The molecule has 0 spiro atoms. The van der Waals surface area contributed by atoms with Crippen molar-refractivity contribution in [3.63, 3.8) is 0 Å². The van der Waals surface area contributed by atoms with E-state index >= 15 is 0 Å². The van der Waals surface area contributed by atoms with Gasteiger partial charge < -0.3 is 19.3 Å². The zero-order chi connectivity index (χ0) is 13.3. The normalized spacial score (nSPS) is 10.1. The van der Waals surface area contributed by atoms with Crippen LogP contribution < -0.4 is 0 Å². The Hall–Kier alpha value is -1.14. The van der Waals surface area contributed by atoms with Gasteiger partial charge in [-0.25, -0.2) is 0 Å². The molecule has 0 radical (unpaired) electrons. The highest BCUT2D eigenvalue weighted by Crippen LogP contribution is 1.93. The van der Waals surface area contributed by atoms with Crippen LogP contribution in [0.25, 0.3) is 0 Å². The lowest BCUT2D eigenvalue weighted by Gasteiger charge is -2.22. The summed E-state index contributed by atoms with van der Waals surface area (Å²) in [6.45, 7) is 3.23. The van der Waals surface area contributed by atoms with Crippen molar-refractivity contribution in [2.75, 3.05) is 54.1 Å². The van der Waals surface area contributed by atoms with Gasteiger partial charge in [-0.15, -0.1) is 0 Å². The van der Waals surface area contributed by atoms with Crippen molar-refractivity contribution in [3.8, 4) is 0 Å². The lowest BCUT2D eigenvalue weighted by molar-refractivity contribution is -0.142. The lowest BCUT2D eigenvalue weighted by atomic mass is 10.4. The van der Waals surface area contributed by atoms with Gasteiger partial charge in [-0.05, 0) is 6.92 Å². The van der Waals surface area contributed by atoms with Crippen molar-refractivity contribution in [2.45, 2.75) is 6.92 Å². The van der Waals surface area contributed by atoms with Gasteiger partial charge in [-0.2, -0.15) is 0 Å². The summed E-state index contributed by atoms with van der Waals surface area (Å²) in [5, 5.41) is 0. The number of amides is 2. The SMILES string of the molecule is CCN(CC(=O)N(C)C)C(=O)COCCOC. The average Bonchev–Trinajstić information content (AvgIpc) is 2.30. The number of ether oxygens (including phenoxy) is 2. The standard InChI is InChI=1S/C11H22N2O4/c1-5-13(8-10(14)12(2)3)11(15)9-17-7-6-16-4/h5-9H2,1-4H3.